The molecule has 0 fully saturated rings. The van der Waals surface area contributed by atoms with Crippen LogP contribution in [0, 0.1) is 5.92 Å². The van der Waals surface area contributed by atoms with Gasteiger partial charge in [-0.05, 0) is 31.0 Å². The number of benzene rings is 1. The van der Waals surface area contributed by atoms with Gasteiger partial charge in [0.1, 0.15) is 6.04 Å². The summed E-state index contributed by atoms with van der Waals surface area (Å²) in [5, 5.41) is 0.671. The Hall–Kier alpha value is -1.55. The van der Waals surface area contributed by atoms with Gasteiger partial charge in [-0.25, -0.2) is 4.79 Å². The van der Waals surface area contributed by atoms with Gasteiger partial charge in [0.05, 0.1) is 7.11 Å². The number of rotatable bonds is 5. The number of hydrogen-bond acceptors (Lipinski definition) is 3. The summed E-state index contributed by atoms with van der Waals surface area (Å²) >= 11 is 5.83. The second kappa shape index (κ2) is 7.29. The zero-order valence-corrected chi connectivity index (χ0v) is 13.0. The largest absolute Gasteiger partial charge is 0.467 e. The molecule has 0 N–H and O–H groups in total. The molecule has 0 bridgehead atoms. The fourth-order valence-electron chi connectivity index (χ4n) is 1.93. The number of carbonyl (C=O) groups excluding carboxylic acids is 2. The van der Waals surface area contributed by atoms with Crippen LogP contribution in [0.2, 0.25) is 5.02 Å². The highest BCUT2D eigenvalue weighted by Crippen LogP contribution is 2.15. The van der Waals surface area contributed by atoms with Crippen molar-refractivity contribution in [2.45, 2.75) is 26.3 Å². The molecule has 0 aliphatic rings. The van der Waals surface area contributed by atoms with Crippen LogP contribution >= 0.6 is 11.6 Å². The normalized spacial score (nSPS) is 13.4. The molecule has 0 spiro atoms. The van der Waals surface area contributed by atoms with Crippen molar-refractivity contribution in [2.24, 2.45) is 5.92 Å². The molecule has 1 aromatic carbocycles. The highest BCUT2D eigenvalue weighted by molar-refractivity contribution is 6.30. The Kier molecular flexibility index (Phi) is 6.02. The Bertz CT molecular complexity index is 473. The molecule has 110 valence electrons. The number of likely N-dealkylation sites (N-methyl/N-ethyl adjacent to an activating group) is 1. The molecule has 0 heterocycles. The van der Waals surface area contributed by atoms with Crippen molar-refractivity contribution < 1.29 is 14.3 Å². The van der Waals surface area contributed by atoms with E-state index in [2.05, 4.69) is 4.74 Å². The van der Waals surface area contributed by atoms with E-state index in [9.17, 15) is 9.59 Å². The molecule has 4 nitrogen and oxygen atoms in total. The molecule has 0 saturated heterocycles. The van der Waals surface area contributed by atoms with Crippen molar-refractivity contribution in [1.82, 2.24) is 4.90 Å². The number of amides is 1. The van der Waals surface area contributed by atoms with E-state index in [0.717, 1.165) is 5.56 Å². The fourth-order valence-corrected chi connectivity index (χ4v) is 2.05. The van der Waals surface area contributed by atoms with Gasteiger partial charge in [-0.15, -0.1) is 0 Å². The quantitative estimate of drug-likeness (QED) is 0.785. The van der Waals surface area contributed by atoms with Crippen LogP contribution in [0.15, 0.2) is 24.3 Å². The molecule has 1 amide bonds. The van der Waals surface area contributed by atoms with Crippen LogP contribution in [-0.2, 0) is 20.7 Å². The average molecular weight is 298 g/mol. The second-order valence-electron chi connectivity index (χ2n) is 4.88. The minimum Gasteiger partial charge on any atom is -0.467 e. The van der Waals surface area contributed by atoms with E-state index in [-0.39, 0.29) is 11.8 Å². The summed E-state index contributed by atoms with van der Waals surface area (Å²) < 4.78 is 4.65. The van der Waals surface area contributed by atoms with Crippen LogP contribution in [0.1, 0.15) is 19.4 Å². The van der Waals surface area contributed by atoms with Gasteiger partial charge in [0.2, 0.25) is 5.91 Å². The summed E-state index contributed by atoms with van der Waals surface area (Å²) in [6.07, 6.45) is 0.605. The Morgan fingerprint density at radius 2 is 1.80 bits per heavy atom. The highest BCUT2D eigenvalue weighted by atomic mass is 35.5. The van der Waals surface area contributed by atoms with Crippen molar-refractivity contribution in [2.75, 3.05) is 14.2 Å². The molecule has 0 aromatic heterocycles. The third-order valence-corrected chi connectivity index (χ3v) is 3.60. The molecule has 2 atom stereocenters. The van der Waals surface area contributed by atoms with Gasteiger partial charge < -0.3 is 9.64 Å². The van der Waals surface area contributed by atoms with E-state index < -0.39 is 12.0 Å². The maximum absolute atomic E-state index is 12.3. The first-order valence-corrected chi connectivity index (χ1v) is 6.83. The second-order valence-corrected chi connectivity index (χ2v) is 5.32. The van der Waals surface area contributed by atoms with Crippen molar-refractivity contribution in [3.05, 3.63) is 34.9 Å². The van der Waals surface area contributed by atoms with Crippen LogP contribution in [0.25, 0.3) is 0 Å². The Morgan fingerprint density at radius 1 is 1.25 bits per heavy atom. The molecular formula is C15H20ClNO3. The smallest absolute Gasteiger partial charge is 0.328 e. The molecule has 0 radical (unpaired) electrons. The summed E-state index contributed by atoms with van der Waals surface area (Å²) in [7, 11) is 2.93. The molecular weight excluding hydrogens is 278 g/mol. The van der Waals surface area contributed by atoms with Gasteiger partial charge in [-0.3, -0.25) is 4.79 Å². The number of halogens is 1. The Balaban J connectivity index is 2.66. The zero-order chi connectivity index (χ0) is 15.3. The molecule has 20 heavy (non-hydrogen) atoms. The standard InChI is InChI=1S/C15H20ClNO3/c1-10(9-12-5-7-13(16)8-6-12)14(18)17(3)11(2)15(19)20-4/h5-8,10-11H,9H2,1-4H3/t10-,11-/m0/s1. The van der Waals surface area contributed by atoms with E-state index in [1.165, 1.54) is 12.0 Å². The Morgan fingerprint density at radius 3 is 2.30 bits per heavy atom. The topological polar surface area (TPSA) is 46.6 Å². The van der Waals surface area contributed by atoms with Gasteiger partial charge >= 0.3 is 5.97 Å². The first-order valence-electron chi connectivity index (χ1n) is 6.45. The number of hydrogen-bond donors (Lipinski definition) is 0. The SMILES string of the molecule is COC(=O)[C@H](C)N(C)C(=O)[C@@H](C)Cc1ccc(Cl)cc1. The maximum Gasteiger partial charge on any atom is 0.328 e. The summed E-state index contributed by atoms with van der Waals surface area (Å²) in [6.45, 7) is 3.50. The monoisotopic (exact) mass is 297 g/mol. The van der Waals surface area contributed by atoms with Crippen molar-refractivity contribution in [1.29, 1.82) is 0 Å². The molecule has 0 aliphatic carbocycles. The van der Waals surface area contributed by atoms with Crippen molar-refractivity contribution >= 4 is 23.5 Å². The van der Waals surface area contributed by atoms with E-state index in [0.29, 0.717) is 11.4 Å². The molecule has 1 aromatic rings. The van der Waals surface area contributed by atoms with E-state index in [1.54, 1.807) is 26.1 Å². The van der Waals surface area contributed by atoms with Crippen LogP contribution in [-0.4, -0.2) is 37.0 Å². The number of esters is 1. The first-order chi connectivity index (χ1) is 9.36. The van der Waals surface area contributed by atoms with Gasteiger partial charge in [0, 0.05) is 18.0 Å². The Labute approximate surface area is 124 Å². The summed E-state index contributed by atoms with van der Waals surface area (Å²) in [4.78, 5) is 25.1. The third-order valence-electron chi connectivity index (χ3n) is 3.35. The van der Waals surface area contributed by atoms with Crippen LogP contribution in [0.3, 0.4) is 0 Å². The van der Waals surface area contributed by atoms with E-state index in [4.69, 9.17) is 11.6 Å². The maximum atomic E-state index is 12.3. The van der Waals surface area contributed by atoms with Gasteiger partial charge in [-0.2, -0.15) is 0 Å². The first kappa shape index (κ1) is 16.5. The minimum absolute atomic E-state index is 0.0853. The van der Waals surface area contributed by atoms with Crippen LogP contribution < -0.4 is 0 Å². The van der Waals surface area contributed by atoms with Gasteiger partial charge in [0.25, 0.3) is 0 Å². The molecule has 1 rings (SSSR count). The van der Waals surface area contributed by atoms with Gasteiger partial charge in [0.15, 0.2) is 0 Å². The van der Waals surface area contributed by atoms with Crippen molar-refractivity contribution in [3.63, 3.8) is 0 Å². The lowest BCUT2D eigenvalue weighted by Gasteiger charge is -2.25. The van der Waals surface area contributed by atoms with E-state index in [1.807, 2.05) is 19.1 Å². The van der Waals surface area contributed by atoms with Gasteiger partial charge in [-0.1, -0.05) is 30.7 Å². The predicted molar refractivity (Wildman–Crippen MR) is 78.6 cm³/mol. The number of methoxy groups -OCH3 is 1. The predicted octanol–water partition coefficient (Wildman–Crippen LogP) is 2.54. The van der Waals surface area contributed by atoms with Crippen LogP contribution in [0.4, 0.5) is 0 Å². The van der Waals surface area contributed by atoms with Crippen LogP contribution in [0.5, 0.6) is 0 Å². The molecule has 0 aliphatic heterocycles. The highest BCUT2D eigenvalue weighted by Gasteiger charge is 2.26. The average Bonchev–Trinajstić information content (AvgIpc) is 2.46. The number of carbonyl (C=O) groups is 2. The number of nitrogens with zero attached hydrogens (tertiary/aromatic N) is 1. The minimum atomic E-state index is -0.583. The zero-order valence-electron chi connectivity index (χ0n) is 12.2. The molecule has 0 saturated carbocycles. The summed E-state index contributed by atoms with van der Waals surface area (Å²) in [6, 6.07) is 6.82. The molecule has 5 heteroatoms. The van der Waals surface area contributed by atoms with E-state index >= 15 is 0 Å². The number of ether oxygens (including phenoxy) is 1. The lowest BCUT2D eigenvalue weighted by molar-refractivity contribution is -0.152. The molecule has 0 unspecified atom stereocenters. The third kappa shape index (κ3) is 4.23. The summed E-state index contributed by atoms with van der Waals surface area (Å²) in [5.41, 5.74) is 1.04. The lowest BCUT2D eigenvalue weighted by atomic mass is 9.99. The summed E-state index contributed by atoms with van der Waals surface area (Å²) in [5.74, 6) is -0.717. The fraction of sp³-hybridized carbons (Fsp3) is 0.467. The van der Waals surface area contributed by atoms with Crippen molar-refractivity contribution in [3.8, 4) is 0 Å². The lowest BCUT2D eigenvalue weighted by Crippen LogP contribution is -2.43.